The SMILES string of the molecule is CC1(CN)CCN(c2cnc(Sc3cccc(NC(=O)CCC(=O)N4CCN(CCCCCCCCC(=O)Nc5ccc6c(c5)C(=O)N(C5CCC(=O)NC5=O)C6)CC4)c3Cl)cn2)CC1. The molecule has 6 amide bonds. The van der Waals surface area contributed by atoms with E-state index in [0.29, 0.717) is 66.0 Å². The van der Waals surface area contributed by atoms with E-state index in [-0.39, 0.29) is 54.2 Å². The predicted octanol–water partition coefficient (Wildman–Crippen LogP) is 5.84. The number of rotatable bonds is 19. The molecule has 1 unspecified atom stereocenters. The van der Waals surface area contributed by atoms with Gasteiger partial charge in [0.05, 0.1) is 23.1 Å². The number of hydrogen-bond donors (Lipinski definition) is 4. The number of fused-ring (bicyclic) bond motifs is 1. The fourth-order valence-electron chi connectivity index (χ4n) is 8.80. The smallest absolute Gasteiger partial charge is 0.255 e. The van der Waals surface area contributed by atoms with E-state index in [2.05, 4.69) is 42.6 Å². The highest BCUT2D eigenvalue weighted by Gasteiger charge is 2.39. The summed E-state index contributed by atoms with van der Waals surface area (Å²) in [6.45, 7) is 8.90. The average Bonchev–Trinajstić information content (AvgIpc) is 3.63. The number of anilines is 3. The topological polar surface area (TPSA) is 203 Å². The lowest BCUT2D eigenvalue weighted by atomic mass is 9.80. The maximum atomic E-state index is 13.1. The van der Waals surface area contributed by atoms with Gasteiger partial charge in [-0.2, -0.15) is 0 Å². The highest BCUT2D eigenvalue weighted by molar-refractivity contribution is 7.99. The van der Waals surface area contributed by atoms with Crippen LogP contribution in [0.15, 0.2) is 58.7 Å². The van der Waals surface area contributed by atoms with E-state index < -0.39 is 11.9 Å². The number of nitrogens with one attached hydrogen (secondary N) is 3. The van der Waals surface area contributed by atoms with Crippen molar-refractivity contribution < 1.29 is 28.8 Å². The van der Waals surface area contributed by atoms with Gasteiger partial charge in [0, 0.05) is 87.6 Å². The van der Waals surface area contributed by atoms with Crippen LogP contribution in [-0.4, -0.2) is 119 Å². The van der Waals surface area contributed by atoms with E-state index in [0.717, 1.165) is 100 Å². The zero-order valence-corrected chi connectivity index (χ0v) is 38.8. The third-order valence-corrected chi connectivity index (χ3v) is 14.6. The Balaban J connectivity index is 0.718. The fourth-order valence-corrected chi connectivity index (χ4v) is 9.87. The first-order valence-electron chi connectivity index (χ1n) is 23.0. The van der Waals surface area contributed by atoms with Crippen molar-refractivity contribution in [2.75, 3.05) is 67.9 Å². The van der Waals surface area contributed by atoms with Crippen LogP contribution in [0.2, 0.25) is 5.02 Å². The lowest BCUT2D eigenvalue weighted by Crippen LogP contribution is -2.52. The standard InChI is InChI=1S/C47H61ClN10O6S/c1-47(31-49)18-21-56(22-19-47)38-28-51-42(29-50-38)65-37-10-8-9-35(44(37)48)53-40(60)16-17-43(62)57-25-23-55(24-26-57)20-7-5-3-2-4-6-11-39(59)52-33-13-12-32-30-58(46(64)34(32)27-33)36-14-15-41(61)54-45(36)63/h8-10,12-13,27-29,36H,2-7,11,14-26,30-31,49H2,1H3,(H,52,59)(H,53,60)(H,54,61,63). The summed E-state index contributed by atoms with van der Waals surface area (Å²) in [4.78, 5) is 93.5. The van der Waals surface area contributed by atoms with Crippen LogP contribution in [0.1, 0.15) is 106 Å². The van der Waals surface area contributed by atoms with Crippen molar-refractivity contribution in [3.63, 3.8) is 0 Å². The van der Waals surface area contributed by atoms with Crippen molar-refractivity contribution in [1.29, 1.82) is 0 Å². The summed E-state index contributed by atoms with van der Waals surface area (Å²) in [5.74, 6) is -0.581. The molecule has 3 saturated heterocycles. The van der Waals surface area contributed by atoms with Crippen LogP contribution in [0.25, 0.3) is 0 Å². The Bertz CT molecular complexity index is 2210. The summed E-state index contributed by atoms with van der Waals surface area (Å²) < 4.78 is 0. The molecular formula is C47H61ClN10O6S. The van der Waals surface area contributed by atoms with Crippen LogP contribution < -0.4 is 26.6 Å². The molecule has 3 aromatic rings. The Morgan fingerprint density at radius 3 is 2.34 bits per heavy atom. The number of nitrogens with two attached hydrogens (primary N) is 1. The van der Waals surface area contributed by atoms with E-state index in [9.17, 15) is 28.8 Å². The van der Waals surface area contributed by atoms with Gasteiger partial charge in [-0.05, 0) is 80.4 Å². The fraction of sp³-hybridized carbons (Fsp3) is 0.532. The van der Waals surface area contributed by atoms with Crippen LogP contribution >= 0.6 is 23.4 Å². The Morgan fingerprint density at radius 2 is 1.62 bits per heavy atom. The van der Waals surface area contributed by atoms with Gasteiger partial charge >= 0.3 is 0 Å². The second-order valence-corrected chi connectivity index (χ2v) is 19.3. The summed E-state index contributed by atoms with van der Waals surface area (Å²) in [7, 11) is 0. The highest BCUT2D eigenvalue weighted by atomic mass is 35.5. The number of aromatic nitrogens is 2. The molecule has 0 bridgehead atoms. The number of carbonyl (C=O) groups is 6. The Kier molecular flexibility index (Phi) is 16.5. The summed E-state index contributed by atoms with van der Waals surface area (Å²) >= 11 is 8.10. The van der Waals surface area contributed by atoms with Gasteiger partial charge in [0.15, 0.2) is 0 Å². The van der Waals surface area contributed by atoms with Crippen LogP contribution in [0.5, 0.6) is 0 Å². The number of nitrogens with zero attached hydrogens (tertiary/aromatic N) is 6. The molecule has 1 aromatic heterocycles. The molecule has 0 radical (unpaired) electrons. The zero-order chi connectivity index (χ0) is 45.9. The number of amides is 6. The summed E-state index contributed by atoms with van der Waals surface area (Å²) in [5.41, 5.74) is 8.45. The number of benzene rings is 2. The van der Waals surface area contributed by atoms with Crippen LogP contribution in [0.3, 0.4) is 0 Å². The molecule has 4 aliphatic rings. The third-order valence-electron chi connectivity index (χ3n) is 13.1. The molecule has 65 heavy (non-hydrogen) atoms. The van der Waals surface area contributed by atoms with E-state index >= 15 is 0 Å². The second kappa shape index (κ2) is 22.4. The number of hydrogen-bond acceptors (Lipinski definition) is 12. The minimum atomic E-state index is -0.672. The van der Waals surface area contributed by atoms with E-state index in [4.69, 9.17) is 17.3 Å². The van der Waals surface area contributed by atoms with Crippen LogP contribution in [0, 0.1) is 5.41 Å². The van der Waals surface area contributed by atoms with Gasteiger partial charge in [-0.1, -0.05) is 68.1 Å². The monoisotopic (exact) mass is 928 g/mol. The number of halogens is 1. The molecule has 0 spiro atoms. The highest BCUT2D eigenvalue weighted by Crippen LogP contribution is 2.37. The van der Waals surface area contributed by atoms with Gasteiger partial charge in [0.2, 0.25) is 29.5 Å². The first kappa shape index (κ1) is 47.9. The van der Waals surface area contributed by atoms with Crippen molar-refractivity contribution >= 4 is 76.0 Å². The first-order chi connectivity index (χ1) is 31.4. The maximum Gasteiger partial charge on any atom is 0.255 e. The Labute approximate surface area is 390 Å². The van der Waals surface area contributed by atoms with Gasteiger partial charge in [0.25, 0.3) is 5.91 Å². The third kappa shape index (κ3) is 12.8. The van der Waals surface area contributed by atoms with Crippen molar-refractivity contribution in [3.8, 4) is 0 Å². The molecule has 5 N–H and O–H groups in total. The zero-order valence-electron chi connectivity index (χ0n) is 37.2. The molecular weight excluding hydrogens is 868 g/mol. The number of imide groups is 1. The number of unbranched alkanes of at least 4 members (excludes halogenated alkanes) is 5. The minimum absolute atomic E-state index is 0.0235. The molecule has 5 heterocycles. The summed E-state index contributed by atoms with van der Waals surface area (Å²) in [6, 6.07) is 10.0. The van der Waals surface area contributed by atoms with Crippen molar-refractivity contribution in [3.05, 3.63) is 64.9 Å². The summed E-state index contributed by atoms with van der Waals surface area (Å²) in [5, 5.41) is 9.21. The summed E-state index contributed by atoms with van der Waals surface area (Å²) in [6.07, 6.45) is 12.7. The quantitative estimate of drug-likeness (QED) is 0.0828. The Hall–Kier alpha value is -5.10. The lowest BCUT2D eigenvalue weighted by Gasteiger charge is -2.39. The largest absolute Gasteiger partial charge is 0.355 e. The van der Waals surface area contributed by atoms with Crippen LogP contribution in [0.4, 0.5) is 17.2 Å². The van der Waals surface area contributed by atoms with Gasteiger partial charge in [-0.25, -0.2) is 9.97 Å². The van der Waals surface area contributed by atoms with E-state index in [1.54, 1.807) is 30.6 Å². The maximum absolute atomic E-state index is 13.1. The van der Waals surface area contributed by atoms with Gasteiger partial charge in [-0.3, -0.25) is 39.0 Å². The van der Waals surface area contributed by atoms with E-state index in [1.807, 2.05) is 23.1 Å². The number of carbonyl (C=O) groups excluding carboxylic acids is 6. The molecule has 2 aromatic carbocycles. The molecule has 0 saturated carbocycles. The van der Waals surface area contributed by atoms with Gasteiger partial charge in [0.1, 0.15) is 16.9 Å². The van der Waals surface area contributed by atoms with Gasteiger partial charge < -0.3 is 31.1 Å². The van der Waals surface area contributed by atoms with E-state index in [1.165, 1.54) is 16.7 Å². The molecule has 18 heteroatoms. The predicted molar refractivity (Wildman–Crippen MR) is 251 cm³/mol. The number of piperazine rings is 1. The van der Waals surface area contributed by atoms with Crippen molar-refractivity contribution in [2.24, 2.45) is 11.1 Å². The minimum Gasteiger partial charge on any atom is -0.355 e. The second-order valence-electron chi connectivity index (χ2n) is 17.9. The normalized spacial score (nSPS) is 18.7. The molecule has 0 aliphatic carbocycles. The van der Waals surface area contributed by atoms with Crippen LogP contribution in [-0.2, 0) is 30.5 Å². The van der Waals surface area contributed by atoms with Gasteiger partial charge in [-0.15, -0.1) is 0 Å². The van der Waals surface area contributed by atoms with Crippen molar-refractivity contribution in [2.45, 2.75) is 113 Å². The Morgan fingerprint density at radius 1 is 0.877 bits per heavy atom. The molecule has 7 rings (SSSR count). The van der Waals surface area contributed by atoms with Crippen molar-refractivity contribution in [1.82, 2.24) is 30.0 Å². The number of piperidine rings is 2. The molecule has 348 valence electrons. The lowest BCUT2D eigenvalue weighted by molar-refractivity contribution is -0.137. The molecule has 3 fully saturated rings. The molecule has 4 aliphatic heterocycles. The molecule has 16 nitrogen and oxygen atoms in total. The average molecular weight is 930 g/mol. The molecule has 1 atom stereocenters. The first-order valence-corrected chi connectivity index (χ1v) is 24.2.